The predicted octanol–water partition coefficient (Wildman–Crippen LogP) is 5.52. The van der Waals surface area contributed by atoms with E-state index in [0.717, 1.165) is 27.5 Å². The lowest BCUT2D eigenvalue weighted by Crippen LogP contribution is -2.40. The van der Waals surface area contributed by atoms with Gasteiger partial charge in [-0.3, -0.25) is 4.79 Å². The van der Waals surface area contributed by atoms with E-state index < -0.39 is 0 Å². The van der Waals surface area contributed by atoms with Crippen LogP contribution in [0.15, 0.2) is 42.1 Å². The molecule has 2 aromatic rings. The number of carbonyl (C=O) groups excluding carboxylic acids is 1. The average molecular weight is 401 g/mol. The summed E-state index contributed by atoms with van der Waals surface area (Å²) in [7, 11) is 0. The Bertz CT molecular complexity index is 827. The minimum atomic E-state index is -0.266. The lowest BCUT2D eigenvalue weighted by atomic mass is 10.1. The Morgan fingerprint density at radius 3 is 2.64 bits per heavy atom. The van der Waals surface area contributed by atoms with E-state index in [9.17, 15) is 9.18 Å². The van der Waals surface area contributed by atoms with Crippen LogP contribution in [0.2, 0.25) is 10.0 Å². The molecule has 0 radical (unpaired) electrons. The van der Waals surface area contributed by atoms with Gasteiger partial charge in [0, 0.05) is 4.88 Å². The van der Waals surface area contributed by atoms with E-state index in [4.69, 9.17) is 28.0 Å². The van der Waals surface area contributed by atoms with E-state index in [1.807, 2.05) is 31.0 Å². The van der Waals surface area contributed by atoms with Crippen molar-refractivity contribution in [2.75, 3.05) is 0 Å². The zero-order chi connectivity index (χ0) is 18.1. The highest BCUT2D eigenvalue weighted by atomic mass is 35.5. The van der Waals surface area contributed by atoms with Gasteiger partial charge in [-0.25, -0.2) is 0 Å². The summed E-state index contributed by atoms with van der Waals surface area (Å²) >= 11 is 13.2. The first-order valence-corrected chi connectivity index (χ1v) is 9.07. The smallest absolute Gasteiger partial charge is 0.322 e. The number of allylic oxidation sites excluding steroid dienone is 1. The lowest BCUT2D eigenvalue weighted by Gasteiger charge is -2.36. The number of nitrogens with zero attached hydrogens (tertiary/aromatic N) is 2. The molecule has 25 heavy (non-hydrogen) atoms. The van der Waals surface area contributed by atoms with E-state index in [0.29, 0.717) is 16.5 Å². The molecule has 1 aliphatic rings. The quantitative estimate of drug-likeness (QED) is 0.618. The van der Waals surface area contributed by atoms with E-state index in [2.05, 4.69) is 0 Å². The fourth-order valence-corrected chi connectivity index (χ4v) is 3.97. The third-order valence-corrected chi connectivity index (χ3v) is 5.73. The van der Waals surface area contributed by atoms with Crippen LogP contribution >= 0.6 is 34.5 Å². The first-order valence-electron chi connectivity index (χ1n) is 7.49. The van der Waals surface area contributed by atoms with Crippen molar-refractivity contribution < 1.29 is 14.0 Å². The highest BCUT2D eigenvalue weighted by molar-refractivity contribution is 7.10. The van der Waals surface area contributed by atoms with Gasteiger partial charge in [0.25, 0.3) is 0 Å². The van der Waals surface area contributed by atoms with Gasteiger partial charge in [0.2, 0.25) is 0 Å². The number of benzene rings is 1. The molecule has 1 aromatic carbocycles. The highest BCUT2D eigenvalue weighted by Crippen LogP contribution is 2.42. The number of hydrogen-bond acceptors (Lipinski definition) is 5. The fourth-order valence-electron chi connectivity index (χ4n) is 2.86. The molecule has 3 rings (SSSR count). The maximum Gasteiger partial charge on any atom is 0.322 e. The minimum Gasteiger partial charge on any atom is -0.329 e. The van der Waals surface area contributed by atoms with Gasteiger partial charge in [0.1, 0.15) is 0 Å². The van der Waals surface area contributed by atoms with Crippen molar-refractivity contribution in [3.63, 3.8) is 0 Å². The second-order valence-corrected chi connectivity index (χ2v) is 7.48. The fraction of sp³-hybridized carbons (Fsp3) is 0.235. The number of hydrogen-bond donors (Lipinski definition) is 0. The number of hydroxylamine groups is 1. The van der Waals surface area contributed by atoms with Crippen LogP contribution in [-0.2, 0) is 9.63 Å². The Kier molecular flexibility index (Phi) is 5.34. The molecule has 4 nitrogen and oxygen atoms in total. The molecule has 8 heteroatoms. The first kappa shape index (κ1) is 18.2. The molecule has 0 aliphatic carbocycles. The topological polar surface area (TPSA) is 32.8 Å². The maximum atomic E-state index is 13.5. The average Bonchev–Trinajstić information content (AvgIpc) is 3.14. The molecule has 0 spiro atoms. The van der Waals surface area contributed by atoms with Gasteiger partial charge in [0.15, 0.2) is 5.13 Å². The Hall–Kier alpha value is -1.60. The molecule has 132 valence electrons. The Labute approximate surface area is 158 Å². The van der Waals surface area contributed by atoms with E-state index >= 15 is 0 Å². The van der Waals surface area contributed by atoms with Crippen molar-refractivity contribution in [3.8, 4) is 0 Å². The number of hydrazine groups is 1. The molecule has 2 unspecified atom stereocenters. The van der Waals surface area contributed by atoms with Crippen LogP contribution in [-0.4, -0.2) is 16.7 Å². The molecule has 0 bridgehead atoms. The highest BCUT2D eigenvalue weighted by Gasteiger charge is 2.38. The molecule has 0 amide bonds. The van der Waals surface area contributed by atoms with Crippen LogP contribution in [0.5, 0.6) is 0 Å². The van der Waals surface area contributed by atoms with Crippen LogP contribution in [0.4, 0.5) is 4.39 Å². The van der Waals surface area contributed by atoms with Crippen molar-refractivity contribution in [2.24, 2.45) is 0 Å². The van der Waals surface area contributed by atoms with Crippen LogP contribution < -0.4 is 0 Å². The Balaban J connectivity index is 2.00. The van der Waals surface area contributed by atoms with Gasteiger partial charge in [-0.15, -0.1) is 16.5 Å². The number of rotatable bonds is 5. The lowest BCUT2D eigenvalue weighted by molar-refractivity contribution is -0.247. The summed E-state index contributed by atoms with van der Waals surface area (Å²) < 4.78 is 13.5. The Morgan fingerprint density at radius 1 is 1.28 bits per heavy atom. The number of thiophene rings is 1. The Morgan fingerprint density at radius 2 is 2.04 bits per heavy atom. The second-order valence-electron chi connectivity index (χ2n) is 5.60. The van der Waals surface area contributed by atoms with Gasteiger partial charge in [0.05, 0.1) is 27.8 Å². The summed E-state index contributed by atoms with van der Waals surface area (Å²) in [5.74, 6) is 0. The van der Waals surface area contributed by atoms with Crippen molar-refractivity contribution in [1.29, 1.82) is 0 Å². The van der Waals surface area contributed by atoms with E-state index in [-0.39, 0.29) is 17.2 Å². The molecule has 0 fully saturated rings. The summed E-state index contributed by atoms with van der Waals surface area (Å²) in [6.45, 7) is 4.13. The first-order chi connectivity index (χ1) is 11.9. The van der Waals surface area contributed by atoms with Crippen molar-refractivity contribution >= 4 is 41.0 Å². The van der Waals surface area contributed by atoms with E-state index in [1.54, 1.807) is 18.2 Å². The van der Waals surface area contributed by atoms with Gasteiger partial charge in [-0.05, 0) is 49.8 Å². The summed E-state index contributed by atoms with van der Waals surface area (Å²) in [5.41, 5.74) is 1.62. The minimum absolute atomic E-state index is 0.210. The van der Waals surface area contributed by atoms with Crippen LogP contribution in [0.25, 0.3) is 0 Å². The molecule has 2 heterocycles. The van der Waals surface area contributed by atoms with Crippen LogP contribution in [0.3, 0.4) is 0 Å². The molecule has 2 atom stereocenters. The summed E-state index contributed by atoms with van der Waals surface area (Å²) in [6, 6.07) is 8.03. The van der Waals surface area contributed by atoms with Gasteiger partial charge in [-0.2, -0.15) is 9.40 Å². The third kappa shape index (κ3) is 3.53. The molecule has 0 saturated carbocycles. The van der Waals surface area contributed by atoms with E-state index in [1.165, 1.54) is 11.2 Å². The van der Waals surface area contributed by atoms with Gasteiger partial charge in [-0.1, -0.05) is 29.3 Å². The molecule has 1 aromatic heterocycles. The maximum absolute atomic E-state index is 13.5. The molecular formula is C17H15Cl2FN2O2S. The van der Waals surface area contributed by atoms with Crippen molar-refractivity contribution in [1.82, 2.24) is 10.2 Å². The SMILES string of the molecule is CC1=CC(c2ccc(F)s2)N(C(C)c2ccc(Cl)c(Cl)c2)N1OC=O. The monoisotopic (exact) mass is 400 g/mol. The summed E-state index contributed by atoms with van der Waals surface area (Å²) in [4.78, 5) is 16.9. The number of halogens is 3. The largest absolute Gasteiger partial charge is 0.329 e. The summed E-state index contributed by atoms with van der Waals surface area (Å²) in [6.07, 6.45) is 1.92. The third-order valence-electron chi connectivity index (χ3n) is 4.05. The van der Waals surface area contributed by atoms with Crippen molar-refractivity contribution in [3.05, 3.63) is 67.7 Å². The normalized spacial score (nSPS) is 19.0. The van der Waals surface area contributed by atoms with Crippen molar-refractivity contribution in [2.45, 2.75) is 25.9 Å². The number of carbonyl (C=O) groups is 1. The standard InChI is InChI=1S/C17H15Cl2FN2O2S/c1-10-7-15(16-5-6-17(20)25-16)21(22(10)24-9-23)11(2)12-3-4-13(18)14(19)8-12/h3-9,11,15H,1-2H3. The zero-order valence-corrected chi connectivity index (χ0v) is 15.8. The molecule has 0 saturated heterocycles. The summed E-state index contributed by atoms with van der Waals surface area (Å²) in [5, 5.41) is 3.91. The molecule has 0 N–H and O–H groups in total. The second kappa shape index (κ2) is 7.33. The van der Waals surface area contributed by atoms with Crippen LogP contribution in [0, 0.1) is 5.13 Å². The molecule has 1 aliphatic heterocycles. The van der Waals surface area contributed by atoms with Gasteiger partial charge >= 0.3 is 6.47 Å². The predicted molar refractivity (Wildman–Crippen MR) is 96.5 cm³/mol. The molecular weight excluding hydrogens is 386 g/mol. The van der Waals surface area contributed by atoms with Crippen LogP contribution in [0.1, 0.15) is 36.4 Å². The zero-order valence-electron chi connectivity index (χ0n) is 13.4. The van der Waals surface area contributed by atoms with Gasteiger partial charge < -0.3 is 4.84 Å².